The summed E-state index contributed by atoms with van der Waals surface area (Å²) in [6, 6.07) is 6.26. The molecule has 0 saturated heterocycles. The fourth-order valence-electron chi connectivity index (χ4n) is 3.00. The van der Waals surface area contributed by atoms with Crippen LogP contribution in [0.3, 0.4) is 0 Å². The summed E-state index contributed by atoms with van der Waals surface area (Å²) in [5.74, 6) is -1.06. The van der Waals surface area contributed by atoms with Crippen molar-refractivity contribution < 1.29 is 43.1 Å². The molecule has 1 aromatic heterocycles. The molecule has 0 spiro atoms. The number of aromatic nitrogens is 1. The van der Waals surface area contributed by atoms with Crippen LogP contribution in [-0.2, 0) is 10.9 Å². The van der Waals surface area contributed by atoms with Gasteiger partial charge in [-0.25, -0.2) is 9.78 Å². The van der Waals surface area contributed by atoms with Crippen LogP contribution in [0.5, 0.6) is 0 Å². The van der Waals surface area contributed by atoms with E-state index in [0.717, 1.165) is 6.07 Å². The molecule has 4 atom stereocenters. The number of hydrogen-bond acceptors (Lipinski definition) is 9. The first-order valence-corrected chi connectivity index (χ1v) is 9.90. The van der Waals surface area contributed by atoms with Crippen molar-refractivity contribution >= 4 is 17.5 Å². The van der Waals surface area contributed by atoms with E-state index in [0.29, 0.717) is 0 Å². The van der Waals surface area contributed by atoms with Gasteiger partial charge >= 0.3 is 12.1 Å². The summed E-state index contributed by atoms with van der Waals surface area (Å²) < 4.78 is 44.5. The van der Waals surface area contributed by atoms with Crippen molar-refractivity contribution in [3.8, 4) is 0 Å². The maximum Gasteiger partial charge on any atom is 0.416 e. The molecule has 6 N–H and O–H groups in total. The third kappa shape index (κ3) is 6.85. The third-order valence-corrected chi connectivity index (χ3v) is 4.86. The molecule has 0 aliphatic carbocycles. The zero-order valence-corrected chi connectivity index (χ0v) is 17.9. The van der Waals surface area contributed by atoms with E-state index >= 15 is 0 Å². The minimum absolute atomic E-state index is 0.0512. The Morgan fingerprint density at radius 2 is 1.76 bits per heavy atom. The molecule has 0 saturated carbocycles. The van der Waals surface area contributed by atoms with Crippen LogP contribution in [0, 0.1) is 6.92 Å². The summed E-state index contributed by atoms with van der Waals surface area (Å²) in [5.41, 5.74) is -0.993. The van der Waals surface area contributed by atoms with Gasteiger partial charge in [-0.05, 0) is 43.8 Å². The average molecular weight is 473 g/mol. The average Bonchev–Trinajstić information content (AvgIpc) is 2.77. The Kier molecular flexibility index (Phi) is 9.14. The SMILES string of the molecule is CNC[C@H](O)[C@@H](O)[C@H](O)[C@H](O)COC(=O)c1cccnc1Nc1cccc(C(F)(F)F)c1C. The Bertz CT molecular complexity index is 944. The van der Waals surface area contributed by atoms with Gasteiger partial charge in [0, 0.05) is 18.4 Å². The van der Waals surface area contributed by atoms with Crippen LogP contribution in [0.15, 0.2) is 36.5 Å². The monoisotopic (exact) mass is 473 g/mol. The first kappa shape index (κ1) is 26.5. The number of aliphatic hydroxyl groups is 4. The van der Waals surface area contributed by atoms with Crippen molar-refractivity contribution in [2.24, 2.45) is 0 Å². The van der Waals surface area contributed by atoms with Gasteiger partial charge in [-0.3, -0.25) is 0 Å². The molecule has 0 bridgehead atoms. The number of benzene rings is 1. The molecular formula is C21H26F3N3O6. The fourth-order valence-corrected chi connectivity index (χ4v) is 3.00. The number of rotatable bonds is 10. The zero-order valence-electron chi connectivity index (χ0n) is 17.9. The lowest BCUT2D eigenvalue weighted by atomic mass is 10.0. The van der Waals surface area contributed by atoms with Gasteiger partial charge in [0.25, 0.3) is 0 Å². The summed E-state index contributed by atoms with van der Waals surface area (Å²) >= 11 is 0. The van der Waals surface area contributed by atoms with Gasteiger partial charge in [0.05, 0.1) is 11.7 Å². The Morgan fingerprint density at radius 1 is 1.09 bits per heavy atom. The van der Waals surface area contributed by atoms with E-state index in [-0.39, 0.29) is 29.2 Å². The molecule has 0 aliphatic rings. The van der Waals surface area contributed by atoms with Crippen LogP contribution < -0.4 is 10.6 Å². The minimum Gasteiger partial charge on any atom is -0.459 e. The van der Waals surface area contributed by atoms with Crippen molar-refractivity contribution in [1.29, 1.82) is 0 Å². The molecular weight excluding hydrogens is 447 g/mol. The highest BCUT2D eigenvalue weighted by molar-refractivity contribution is 5.95. The second-order valence-electron chi connectivity index (χ2n) is 7.27. The molecule has 33 heavy (non-hydrogen) atoms. The molecule has 12 heteroatoms. The van der Waals surface area contributed by atoms with E-state index in [9.17, 15) is 38.4 Å². The number of alkyl halides is 3. The number of halogens is 3. The Balaban J connectivity index is 2.12. The minimum atomic E-state index is -4.56. The molecule has 0 radical (unpaired) electrons. The van der Waals surface area contributed by atoms with E-state index < -0.39 is 48.7 Å². The summed E-state index contributed by atoms with van der Waals surface area (Å²) in [6.45, 7) is 0.502. The number of anilines is 2. The number of esters is 1. The number of carbonyl (C=O) groups is 1. The summed E-state index contributed by atoms with van der Waals surface area (Å²) in [6.07, 6.45) is -9.84. The number of hydrogen-bond donors (Lipinski definition) is 6. The summed E-state index contributed by atoms with van der Waals surface area (Å²) in [4.78, 5) is 16.5. The largest absolute Gasteiger partial charge is 0.459 e. The highest BCUT2D eigenvalue weighted by atomic mass is 19.4. The van der Waals surface area contributed by atoms with Gasteiger partial charge in [-0.15, -0.1) is 0 Å². The van der Waals surface area contributed by atoms with Crippen molar-refractivity contribution in [3.05, 3.63) is 53.2 Å². The van der Waals surface area contributed by atoms with Crippen LogP contribution in [0.2, 0.25) is 0 Å². The summed E-state index contributed by atoms with van der Waals surface area (Å²) in [7, 11) is 1.51. The Hall–Kier alpha value is -2.77. The van der Waals surface area contributed by atoms with Gasteiger partial charge < -0.3 is 35.8 Å². The van der Waals surface area contributed by atoms with Crippen LogP contribution in [0.25, 0.3) is 0 Å². The molecule has 1 heterocycles. The molecule has 1 aromatic carbocycles. The maximum absolute atomic E-state index is 13.2. The molecule has 9 nitrogen and oxygen atoms in total. The van der Waals surface area contributed by atoms with Crippen LogP contribution in [0.4, 0.5) is 24.7 Å². The number of nitrogens with zero attached hydrogens (tertiary/aromatic N) is 1. The topological polar surface area (TPSA) is 144 Å². The number of aliphatic hydroxyl groups excluding tert-OH is 4. The maximum atomic E-state index is 13.2. The van der Waals surface area contributed by atoms with Gasteiger partial charge in [-0.2, -0.15) is 13.2 Å². The van der Waals surface area contributed by atoms with Crippen LogP contribution >= 0.6 is 0 Å². The van der Waals surface area contributed by atoms with Crippen LogP contribution in [-0.4, -0.2) is 76.0 Å². The molecule has 0 amide bonds. The molecule has 0 fully saturated rings. The van der Waals surface area contributed by atoms with Gasteiger partial charge in [-0.1, -0.05) is 6.07 Å². The van der Waals surface area contributed by atoms with Crippen molar-refractivity contribution in [3.63, 3.8) is 0 Å². The van der Waals surface area contributed by atoms with E-state index in [1.807, 2.05) is 0 Å². The predicted octanol–water partition coefficient (Wildman–Crippen LogP) is 0.972. The van der Waals surface area contributed by atoms with Gasteiger partial charge in [0.15, 0.2) is 0 Å². The first-order valence-electron chi connectivity index (χ1n) is 9.90. The summed E-state index contributed by atoms with van der Waals surface area (Å²) in [5, 5.41) is 44.7. The molecule has 182 valence electrons. The number of likely N-dealkylation sites (N-methyl/N-ethyl adjacent to an activating group) is 1. The predicted molar refractivity (Wildman–Crippen MR) is 112 cm³/mol. The Morgan fingerprint density at radius 3 is 2.39 bits per heavy atom. The van der Waals surface area contributed by atoms with Crippen LogP contribution in [0.1, 0.15) is 21.5 Å². The number of ether oxygens (including phenoxy) is 1. The fraction of sp³-hybridized carbons (Fsp3) is 0.429. The first-order chi connectivity index (χ1) is 15.5. The van der Waals surface area contributed by atoms with E-state index in [2.05, 4.69) is 15.6 Å². The Labute approximate surface area is 187 Å². The van der Waals surface area contributed by atoms with Gasteiger partial charge in [0.1, 0.15) is 36.3 Å². The van der Waals surface area contributed by atoms with Gasteiger partial charge in [0.2, 0.25) is 0 Å². The van der Waals surface area contributed by atoms with Crippen molar-refractivity contribution in [1.82, 2.24) is 10.3 Å². The lowest BCUT2D eigenvalue weighted by Gasteiger charge is -2.26. The standard InChI is InChI=1S/C21H26F3N3O6/c1-11-13(21(22,23)24)6-3-7-14(11)27-19-12(5-4-8-26-19)20(32)33-10-16(29)18(31)17(30)15(28)9-25-2/h3-8,15-18,25,28-31H,9-10H2,1-2H3,(H,26,27)/t15-,16+,17+,18+/m0/s1. The molecule has 2 aromatic rings. The van der Waals surface area contributed by atoms with E-state index in [1.54, 1.807) is 0 Å². The quantitative estimate of drug-likeness (QED) is 0.278. The number of pyridine rings is 1. The second kappa shape index (κ2) is 11.4. The molecule has 0 aliphatic heterocycles. The molecule has 0 unspecified atom stereocenters. The van der Waals surface area contributed by atoms with E-state index in [4.69, 9.17) is 4.74 Å². The molecule has 2 rings (SSSR count). The lowest BCUT2D eigenvalue weighted by Crippen LogP contribution is -2.49. The smallest absolute Gasteiger partial charge is 0.416 e. The zero-order chi connectivity index (χ0) is 24.8. The lowest BCUT2D eigenvalue weighted by molar-refractivity contribution is -0.138. The third-order valence-electron chi connectivity index (χ3n) is 4.86. The van der Waals surface area contributed by atoms with E-state index in [1.165, 1.54) is 44.4 Å². The second-order valence-corrected chi connectivity index (χ2v) is 7.27. The van der Waals surface area contributed by atoms with Crippen molar-refractivity contribution in [2.45, 2.75) is 37.5 Å². The van der Waals surface area contributed by atoms with Crippen molar-refractivity contribution in [2.75, 3.05) is 25.5 Å². The highest BCUT2D eigenvalue weighted by Crippen LogP contribution is 2.35. The highest BCUT2D eigenvalue weighted by Gasteiger charge is 2.33. The normalized spacial score (nSPS) is 15.4. The number of carbonyl (C=O) groups excluding carboxylic acids is 1. The number of nitrogens with one attached hydrogen (secondary N) is 2.